The summed E-state index contributed by atoms with van der Waals surface area (Å²) in [5, 5.41) is 4.43. The van der Waals surface area contributed by atoms with Crippen molar-refractivity contribution >= 4 is 67.4 Å². The zero-order valence-electron chi connectivity index (χ0n) is 11.3. The fraction of sp³-hybridized carbons (Fsp3) is 0.0667. The van der Waals surface area contributed by atoms with Gasteiger partial charge in [0.1, 0.15) is 0 Å². The van der Waals surface area contributed by atoms with Crippen LogP contribution in [0.2, 0.25) is 15.1 Å². The fourth-order valence-corrected chi connectivity index (χ4v) is 3.43. The van der Waals surface area contributed by atoms with E-state index in [9.17, 15) is 4.79 Å². The lowest BCUT2D eigenvalue weighted by Crippen LogP contribution is -2.12. The second kappa shape index (κ2) is 6.05. The van der Waals surface area contributed by atoms with Crippen LogP contribution in [-0.2, 0) is 0 Å². The van der Waals surface area contributed by atoms with Crippen LogP contribution in [0.25, 0.3) is 10.2 Å². The van der Waals surface area contributed by atoms with E-state index < -0.39 is 0 Å². The molecule has 2 aromatic carbocycles. The van der Waals surface area contributed by atoms with Crippen molar-refractivity contribution in [3.8, 4) is 0 Å². The first-order valence-corrected chi connectivity index (χ1v) is 8.23. The molecule has 0 aliphatic heterocycles. The van der Waals surface area contributed by atoms with Crippen LogP contribution in [0.5, 0.6) is 0 Å². The van der Waals surface area contributed by atoms with Crippen molar-refractivity contribution in [2.45, 2.75) is 6.92 Å². The van der Waals surface area contributed by atoms with Gasteiger partial charge in [0.15, 0.2) is 5.13 Å². The number of hydrogen-bond donors (Lipinski definition) is 1. The summed E-state index contributed by atoms with van der Waals surface area (Å²) in [4.78, 5) is 16.6. The molecular formula is C15H9Cl3N2OS. The second-order valence-corrected chi connectivity index (χ2v) is 6.87. The van der Waals surface area contributed by atoms with Gasteiger partial charge in [-0.1, -0.05) is 52.2 Å². The Morgan fingerprint density at radius 2 is 1.95 bits per heavy atom. The molecule has 0 radical (unpaired) electrons. The molecule has 1 heterocycles. The molecule has 0 fully saturated rings. The summed E-state index contributed by atoms with van der Waals surface area (Å²) in [5.74, 6) is -0.352. The van der Waals surface area contributed by atoms with E-state index in [1.165, 1.54) is 11.3 Å². The van der Waals surface area contributed by atoms with Gasteiger partial charge in [-0.25, -0.2) is 4.98 Å². The molecule has 0 saturated heterocycles. The van der Waals surface area contributed by atoms with Gasteiger partial charge in [0, 0.05) is 5.02 Å². The highest BCUT2D eigenvalue weighted by atomic mass is 35.5. The zero-order valence-corrected chi connectivity index (χ0v) is 14.4. The van der Waals surface area contributed by atoms with Crippen LogP contribution in [-0.4, -0.2) is 10.9 Å². The average Bonchev–Trinajstić information content (AvgIpc) is 2.83. The summed E-state index contributed by atoms with van der Waals surface area (Å²) in [6, 6.07) is 8.63. The van der Waals surface area contributed by atoms with E-state index in [1.54, 1.807) is 24.3 Å². The van der Waals surface area contributed by atoms with Gasteiger partial charge >= 0.3 is 0 Å². The minimum atomic E-state index is -0.352. The molecule has 0 atom stereocenters. The molecule has 22 heavy (non-hydrogen) atoms. The number of aryl methyl sites for hydroxylation is 1. The van der Waals surface area contributed by atoms with Gasteiger partial charge in [-0.15, -0.1) is 0 Å². The lowest BCUT2D eigenvalue weighted by Gasteiger charge is -2.04. The van der Waals surface area contributed by atoms with Crippen LogP contribution in [0.15, 0.2) is 30.3 Å². The third-order valence-electron chi connectivity index (χ3n) is 3.09. The summed E-state index contributed by atoms with van der Waals surface area (Å²) >= 11 is 19.4. The predicted molar refractivity (Wildman–Crippen MR) is 93.8 cm³/mol. The van der Waals surface area contributed by atoms with Crippen LogP contribution in [0.4, 0.5) is 5.13 Å². The molecular weight excluding hydrogens is 363 g/mol. The Morgan fingerprint density at radius 1 is 1.18 bits per heavy atom. The molecule has 0 unspecified atom stereocenters. The number of carbonyl (C=O) groups is 1. The number of hydrogen-bond acceptors (Lipinski definition) is 3. The highest BCUT2D eigenvalue weighted by Crippen LogP contribution is 2.31. The first-order valence-electron chi connectivity index (χ1n) is 6.28. The standard InChI is InChI=1S/C15H9Cl3N2OS/c1-7-5-12-11(6-10(7)17)19-15(22-12)20-14(21)8-3-2-4-9(16)13(8)18/h2-6H,1H3,(H,19,20,21). The average molecular weight is 372 g/mol. The topological polar surface area (TPSA) is 42.0 Å². The van der Waals surface area contributed by atoms with Crippen molar-refractivity contribution in [1.29, 1.82) is 0 Å². The number of amides is 1. The molecule has 1 amide bonds. The Kier molecular flexibility index (Phi) is 4.28. The van der Waals surface area contributed by atoms with Crippen LogP contribution in [0.1, 0.15) is 15.9 Å². The van der Waals surface area contributed by atoms with Crippen LogP contribution in [0, 0.1) is 6.92 Å². The zero-order chi connectivity index (χ0) is 15.9. The number of carbonyl (C=O) groups excluding carboxylic acids is 1. The number of anilines is 1. The molecule has 3 nitrogen and oxygen atoms in total. The Morgan fingerprint density at radius 3 is 2.73 bits per heavy atom. The fourth-order valence-electron chi connectivity index (χ4n) is 1.95. The Labute approximate surface area is 145 Å². The molecule has 1 aromatic heterocycles. The van der Waals surface area contributed by atoms with Crippen LogP contribution in [0.3, 0.4) is 0 Å². The molecule has 0 aliphatic rings. The van der Waals surface area contributed by atoms with Crippen LogP contribution < -0.4 is 5.32 Å². The maximum absolute atomic E-state index is 12.3. The van der Waals surface area contributed by atoms with E-state index in [-0.39, 0.29) is 10.9 Å². The monoisotopic (exact) mass is 370 g/mol. The van der Waals surface area contributed by atoms with Crippen molar-refractivity contribution in [3.63, 3.8) is 0 Å². The summed E-state index contributed by atoms with van der Waals surface area (Å²) < 4.78 is 0.953. The Hall–Kier alpha value is -1.33. The Bertz CT molecular complexity index is 853. The third kappa shape index (κ3) is 2.92. The van der Waals surface area contributed by atoms with Gasteiger partial charge < -0.3 is 0 Å². The molecule has 0 saturated carbocycles. The maximum atomic E-state index is 12.3. The molecule has 0 bridgehead atoms. The molecule has 0 aliphatic carbocycles. The van der Waals surface area contributed by atoms with Gasteiger partial charge in [-0.05, 0) is 36.8 Å². The molecule has 1 N–H and O–H groups in total. The number of thiazole rings is 1. The first-order chi connectivity index (χ1) is 10.5. The van der Waals surface area contributed by atoms with Gasteiger partial charge in [0.05, 0.1) is 25.8 Å². The number of aromatic nitrogens is 1. The largest absolute Gasteiger partial charge is 0.298 e. The molecule has 3 aromatic rings. The smallest absolute Gasteiger partial charge is 0.259 e. The van der Waals surface area contributed by atoms with Crippen molar-refractivity contribution in [2.75, 3.05) is 5.32 Å². The maximum Gasteiger partial charge on any atom is 0.259 e. The second-order valence-electron chi connectivity index (χ2n) is 4.64. The lowest BCUT2D eigenvalue weighted by atomic mass is 10.2. The number of benzene rings is 2. The van der Waals surface area contributed by atoms with Gasteiger partial charge in [0.2, 0.25) is 0 Å². The number of nitrogens with zero attached hydrogens (tertiary/aromatic N) is 1. The highest BCUT2D eigenvalue weighted by molar-refractivity contribution is 7.22. The van der Waals surface area contributed by atoms with E-state index in [0.717, 1.165) is 15.8 Å². The lowest BCUT2D eigenvalue weighted by molar-refractivity contribution is 0.102. The summed E-state index contributed by atoms with van der Waals surface area (Å²) in [6.07, 6.45) is 0. The van der Waals surface area contributed by atoms with E-state index >= 15 is 0 Å². The van der Waals surface area contributed by atoms with Crippen LogP contribution >= 0.6 is 46.1 Å². The molecule has 7 heteroatoms. The first kappa shape index (κ1) is 15.6. The minimum Gasteiger partial charge on any atom is -0.298 e. The quantitative estimate of drug-likeness (QED) is 0.617. The Balaban J connectivity index is 1.92. The van der Waals surface area contributed by atoms with Crippen molar-refractivity contribution in [1.82, 2.24) is 4.98 Å². The SMILES string of the molecule is Cc1cc2sc(NC(=O)c3cccc(Cl)c3Cl)nc2cc1Cl. The van der Waals surface area contributed by atoms with Crippen molar-refractivity contribution < 1.29 is 4.79 Å². The number of rotatable bonds is 2. The number of fused-ring (bicyclic) bond motifs is 1. The third-order valence-corrected chi connectivity index (χ3v) is 5.25. The number of nitrogens with one attached hydrogen (secondary N) is 1. The molecule has 112 valence electrons. The molecule has 0 spiro atoms. The van der Waals surface area contributed by atoms with E-state index in [4.69, 9.17) is 34.8 Å². The predicted octanol–water partition coefficient (Wildman–Crippen LogP) is 5.82. The van der Waals surface area contributed by atoms with Crippen molar-refractivity contribution in [3.05, 3.63) is 56.5 Å². The highest BCUT2D eigenvalue weighted by Gasteiger charge is 2.15. The molecule has 3 rings (SSSR count). The van der Waals surface area contributed by atoms with E-state index in [1.807, 2.05) is 13.0 Å². The normalized spacial score (nSPS) is 10.9. The van der Waals surface area contributed by atoms with Gasteiger partial charge in [-0.3, -0.25) is 10.1 Å². The summed E-state index contributed by atoms with van der Waals surface area (Å²) in [7, 11) is 0. The van der Waals surface area contributed by atoms with Gasteiger partial charge in [0.25, 0.3) is 5.91 Å². The van der Waals surface area contributed by atoms with Gasteiger partial charge in [-0.2, -0.15) is 0 Å². The summed E-state index contributed by atoms with van der Waals surface area (Å²) in [5.41, 5.74) is 2.02. The minimum absolute atomic E-state index is 0.224. The van der Waals surface area contributed by atoms with Crippen molar-refractivity contribution in [2.24, 2.45) is 0 Å². The number of halogens is 3. The van der Waals surface area contributed by atoms with E-state index in [2.05, 4.69) is 10.3 Å². The summed E-state index contributed by atoms with van der Waals surface area (Å²) in [6.45, 7) is 1.92. The van der Waals surface area contributed by atoms with E-state index in [0.29, 0.717) is 20.7 Å².